The number of nitrogens with one attached hydrogen (secondary N) is 2. The van der Waals surface area contributed by atoms with E-state index >= 15 is 0 Å². The molecule has 0 saturated carbocycles. The molecule has 0 unspecified atom stereocenters. The van der Waals surface area contributed by atoms with Crippen LogP contribution >= 0.6 is 24.8 Å². The molecule has 3 aromatic carbocycles. The summed E-state index contributed by atoms with van der Waals surface area (Å²) >= 11 is 0. The van der Waals surface area contributed by atoms with Crippen molar-refractivity contribution < 1.29 is 9.59 Å². The van der Waals surface area contributed by atoms with Crippen LogP contribution < -0.4 is 10.2 Å². The minimum absolute atomic E-state index is 0. The van der Waals surface area contributed by atoms with Gasteiger partial charge in [0.05, 0.1) is 29.8 Å². The number of aromatic amines is 1. The minimum atomic E-state index is -0.204. The molecule has 0 fully saturated rings. The van der Waals surface area contributed by atoms with Crippen LogP contribution in [0.3, 0.4) is 0 Å². The second kappa shape index (κ2) is 12.4. The Balaban J connectivity index is 0.00000190. The van der Waals surface area contributed by atoms with Gasteiger partial charge in [0, 0.05) is 38.4 Å². The maximum atomic E-state index is 13.7. The van der Waals surface area contributed by atoms with Crippen LogP contribution in [-0.4, -0.2) is 39.8 Å². The number of carbonyl (C=O) groups excluding carboxylic acids is 2. The van der Waals surface area contributed by atoms with Crippen LogP contribution in [0.5, 0.6) is 0 Å². The van der Waals surface area contributed by atoms with Gasteiger partial charge < -0.3 is 20.1 Å². The van der Waals surface area contributed by atoms with Gasteiger partial charge >= 0.3 is 0 Å². The second-order valence-electron chi connectivity index (χ2n) is 8.66. The average molecular weight is 538 g/mol. The maximum Gasteiger partial charge on any atom is 0.256 e. The molecule has 192 valence electrons. The fourth-order valence-electron chi connectivity index (χ4n) is 4.53. The summed E-state index contributed by atoms with van der Waals surface area (Å²) in [6.07, 6.45) is 3.51. The minimum Gasteiger partial charge on any atom is -0.364 e. The Morgan fingerprint density at radius 1 is 0.946 bits per heavy atom. The van der Waals surface area contributed by atoms with E-state index in [-0.39, 0.29) is 36.6 Å². The molecule has 0 bridgehead atoms. The predicted octanol–water partition coefficient (Wildman–Crippen LogP) is 5.54. The fourth-order valence-corrected chi connectivity index (χ4v) is 4.53. The number of rotatable bonds is 5. The summed E-state index contributed by atoms with van der Waals surface area (Å²) in [4.78, 5) is 36.9. The molecule has 2 N–H and O–H groups in total. The summed E-state index contributed by atoms with van der Waals surface area (Å²) < 4.78 is 0. The van der Waals surface area contributed by atoms with E-state index in [1.807, 2.05) is 41.4 Å². The largest absolute Gasteiger partial charge is 0.364 e. The Bertz CT molecular complexity index is 1350. The van der Waals surface area contributed by atoms with E-state index in [4.69, 9.17) is 0 Å². The van der Waals surface area contributed by atoms with Crippen LogP contribution in [0.1, 0.15) is 28.5 Å². The van der Waals surface area contributed by atoms with Crippen LogP contribution in [0.4, 0.5) is 11.4 Å². The molecule has 2 heterocycles. The third-order valence-electron chi connectivity index (χ3n) is 6.20. The van der Waals surface area contributed by atoms with Gasteiger partial charge in [0.1, 0.15) is 0 Å². The van der Waals surface area contributed by atoms with Crippen molar-refractivity contribution in [2.45, 2.75) is 20.0 Å². The first kappa shape index (κ1) is 27.8. The number of fused-ring (bicyclic) bond motifs is 1. The zero-order chi connectivity index (χ0) is 24.2. The van der Waals surface area contributed by atoms with Gasteiger partial charge in [-0.25, -0.2) is 4.98 Å². The van der Waals surface area contributed by atoms with Crippen LogP contribution in [0.15, 0.2) is 85.3 Å². The monoisotopic (exact) mass is 537 g/mol. The molecule has 9 heteroatoms. The molecule has 1 aliphatic heterocycles. The molecular formula is C28H29Cl2N5O2. The number of imidazole rings is 1. The molecule has 5 rings (SSSR count). The number of aromatic nitrogens is 2. The molecule has 37 heavy (non-hydrogen) atoms. The summed E-state index contributed by atoms with van der Waals surface area (Å²) in [5.74, 6) is -0.307. The normalized spacial score (nSPS) is 12.5. The molecular weight excluding hydrogens is 509 g/mol. The van der Waals surface area contributed by atoms with Crippen molar-refractivity contribution in [3.05, 3.63) is 102 Å². The first-order valence-electron chi connectivity index (χ1n) is 11.6. The van der Waals surface area contributed by atoms with Gasteiger partial charge in [-0.3, -0.25) is 9.59 Å². The number of carbonyl (C=O) groups is 2. The lowest BCUT2D eigenvalue weighted by atomic mass is 10.0. The Hall–Kier alpha value is -3.81. The standard InChI is InChI=1S/C28H27N5O2.2ClH/c1-20(34)31-26-10-6-5-9-25(26)28(35)33-14-13-32(18-24-16-29-19-30-24)27-12-11-22(15-23(27)17-33)21-7-3-2-4-8-21;;/h2-12,15-16,19H,13-14,17-18H2,1H3,(H,29,30)(H,31,34);2*1H. The molecule has 4 aromatic rings. The van der Waals surface area contributed by atoms with Crippen LogP contribution in [-0.2, 0) is 17.9 Å². The number of benzene rings is 3. The lowest BCUT2D eigenvalue weighted by Gasteiger charge is -2.24. The Morgan fingerprint density at radius 2 is 1.70 bits per heavy atom. The number of nitrogens with zero attached hydrogens (tertiary/aromatic N) is 3. The number of amides is 2. The summed E-state index contributed by atoms with van der Waals surface area (Å²) in [6, 6.07) is 23.9. The zero-order valence-electron chi connectivity index (χ0n) is 20.4. The number of para-hydroxylation sites is 1. The van der Waals surface area contributed by atoms with Crippen molar-refractivity contribution in [1.29, 1.82) is 0 Å². The molecule has 0 atom stereocenters. The molecule has 2 amide bonds. The van der Waals surface area contributed by atoms with Gasteiger partial charge in [-0.1, -0.05) is 48.5 Å². The van der Waals surface area contributed by atoms with E-state index in [2.05, 4.69) is 50.5 Å². The SMILES string of the molecule is CC(=O)Nc1ccccc1C(=O)N1CCN(Cc2cnc[nH]2)c2ccc(-c3ccccc3)cc2C1.Cl.Cl. The van der Waals surface area contributed by atoms with Crippen molar-refractivity contribution >= 4 is 48.0 Å². The van der Waals surface area contributed by atoms with E-state index in [1.165, 1.54) is 6.92 Å². The van der Waals surface area contributed by atoms with Crippen LogP contribution in [0.2, 0.25) is 0 Å². The molecule has 1 aromatic heterocycles. The van der Waals surface area contributed by atoms with Crippen molar-refractivity contribution in [3.8, 4) is 11.1 Å². The number of anilines is 2. The third kappa shape index (κ3) is 6.31. The van der Waals surface area contributed by atoms with Crippen LogP contribution in [0.25, 0.3) is 11.1 Å². The molecule has 0 aliphatic carbocycles. The van der Waals surface area contributed by atoms with E-state index in [1.54, 1.807) is 18.5 Å². The lowest BCUT2D eigenvalue weighted by molar-refractivity contribution is -0.114. The summed E-state index contributed by atoms with van der Waals surface area (Å²) in [5, 5.41) is 2.79. The highest BCUT2D eigenvalue weighted by Gasteiger charge is 2.26. The van der Waals surface area contributed by atoms with Gasteiger partial charge in [0.15, 0.2) is 0 Å². The smallest absolute Gasteiger partial charge is 0.256 e. The molecule has 0 radical (unpaired) electrons. The van der Waals surface area contributed by atoms with Crippen molar-refractivity contribution in [2.75, 3.05) is 23.3 Å². The van der Waals surface area contributed by atoms with Crippen LogP contribution in [0, 0.1) is 0 Å². The van der Waals surface area contributed by atoms with Gasteiger partial charge in [-0.05, 0) is 41.0 Å². The van der Waals surface area contributed by atoms with E-state index < -0.39 is 0 Å². The highest BCUT2D eigenvalue weighted by atomic mass is 35.5. The van der Waals surface area contributed by atoms with Crippen molar-refractivity contribution in [2.24, 2.45) is 0 Å². The highest BCUT2D eigenvalue weighted by Crippen LogP contribution is 2.32. The number of halogens is 2. The Labute approximate surface area is 228 Å². The van der Waals surface area contributed by atoms with E-state index in [9.17, 15) is 9.59 Å². The van der Waals surface area contributed by atoms with Gasteiger partial charge in [0.2, 0.25) is 5.91 Å². The zero-order valence-corrected chi connectivity index (χ0v) is 22.0. The number of hydrogen-bond donors (Lipinski definition) is 2. The predicted molar refractivity (Wildman–Crippen MR) is 151 cm³/mol. The topological polar surface area (TPSA) is 81.3 Å². The van der Waals surface area contributed by atoms with E-state index in [0.717, 1.165) is 28.1 Å². The first-order chi connectivity index (χ1) is 17.1. The Kier molecular flexibility index (Phi) is 9.33. The number of H-pyrrole nitrogens is 1. The third-order valence-corrected chi connectivity index (χ3v) is 6.20. The lowest BCUT2D eigenvalue weighted by Crippen LogP contribution is -2.35. The van der Waals surface area contributed by atoms with E-state index in [0.29, 0.717) is 37.4 Å². The maximum absolute atomic E-state index is 13.7. The summed E-state index contributed by atoms with van der Waals surface area (Å²) in [5.41, 5.74) is 6.46. The molecule has 7 nitrogen and oxygen atoms in total. The summed E-state index contributed by atoms with van der Waals surface area (Å²) in [7, 11) is 0. The van der Waals surface area contributed by atoms with Crippen molar-refractivity contribution in [3.63, 3.8) is 0 Å². The highest BCUT2D eigenvalue weighted by molar-refractivity contribution is 6.03. The van der Waals surface area contributed by atoms with Gasteiger partial charge in [-0.15, -0.1) is 24.8 Å². The Morgan fingerprint density at radius 3 is 2.43 bits per heavy atom. The molecule has 0 spiro atoms. The first-order valence-corrected chi connectivity index (χ1v) is 11.6. The molecule has 0 saturated heterocycles. The quantitative estimate of drug-likeness (QED) is 0.350. The van der Waals surface area contributed by atoms with Gasteiger partial charge in [-0.2, -0.15) is 0 Å². The second-order valence-corrected chi connectivity index (χ2v) is 8.66. The summed E-state index contributed by atoms with van der Waals surface area (Å²) in [6.45, 7) is 3.81. The molecule has 1 aliphatic rings. The van der Waals surface area contributed by atoms with Gasteiger partial charge in [0.25, 0.3) is 5.91 Å². The average Bonchev–Trinajstić information content (AvgIpc) is 3.32. The van der Waals surface area contributed by atoms with Crippen molar-refractivity contribution in [1.82, 2.24) is 14.9 Å². The fraction of sp³-hybridized carbons (Fsp3) is 0.179. The number of hydrogen-bond acceptors (Lipinski definition) is 4.